The Hall–Kier alpha value is -2.91. The molecule has 30 heavy (non-hydrogen) atoms. The van der Waals surface area contributed by atoms with E-state index in [2.05, 4.69) is 26.0 Å². The second-order valence-corrected chi connectivity index (χ2v) is 7.15. The number of halogens is 4. The molecule has 1 N–H and O–H groups in total. The third-order valence-electron chi connectivity index (χ3n) is 4.00. The summed E-state index contributed by atoms with van der Waals surface area (Å²) in [5.41, 5.74) is 0.824. The molecule has 0 aliphatic heterocycles. The van der Waals surface area contributed by atoms with E-state index < -0.39 is 18.4 Å². The van der Waals surface area contributed by atoms with Gasteiger partial charge in [0.2, 0.25) is 0 Å². The Labute approximate surface area is 183 Å². The zero-order valence-corrected chi connectivity index (χ0v) is 17.7. The Bertz CT molecular complexity index is 1090. The largest absolute Gasteiger partial charge is 0.444 e. The monoisotopic (exact) mass is 498 g/mol. The number of nitrogens with zero attached hydrogens (tertiary/aromatic N) is 1. The van der Waals surface area contributed by atoms with E-state index in [4.69, 9.17) is 16.0 Å². The van der Waals surface area contributed by atoms with Crippen molar-refractivity contribution in [3.63, 3.8) is 0 Å². The van der Waals surface area contributed by atoms with E-state index in [-0.39, 0.29) is 27.8 Å². The van der Waals surface area contributed by atoms with Gasteiger partial charge >= 0.3 is 6.61 Å². The van der Waals surface area contributed by atoms with E-state index >= 15 is 0 Å². The van der Waals surface area contributed by atoms with Crippen molar-refractivity contribution < 1.29 is 27.5 Å². The minimum Gasteiger partial charge on any atom is -0.444 e. The highest BCUT2D eigenvalue weighted by Gasteiger charge is 2.22. The topological polar surface area (TPSA) is 71.8 Å². The van der Waals surface area contributed by atoms with Crippen molar-refractivity contribution in [2.75, 3.05) is 17.3 Å². The summed E-state index contributed by atoms with van der Waals surface area (Å²) in [4.78, 5) is 26.7. The predicted octanol–water partition coefficient (Wildman–Crippen LogP) is 5.83. The molecule has 0 fully saturated rings. The summed E-state index contributed by atoms with van der Waals surface area (Å²) < 4.78 is 34.7. The van der Waals surface area contributed by atoms with Crippen molar-refractivity contribution in [1.29, 1.82) is 0 Å². The lowest BCUT2D eigenvalue weighted by molar-refractivity contribution is -0.0497. The second kappa shape index (κ2) is 9.27. The van der Waals surface area contributed by atoms with Gasteiger partial charge in [-0.2, -0.15) is 8.78 Å². The van der Waals surface area contributed by atoms with Crippen molar-refractivity contribution >= 4 is 50.7 Å². The molecule has 0 bridgehead atoms. The van der Waals surface area contributed by atoms with E-state index in [1.807, 2.05) is 0 Å². The van der Waals surface area contributed by atoms with Gasteiger partial charge in [-0.25, -0.2) is 0 Å². The fourth-order valence-corrected chi connectivity index (χ4v) is 3.16. The molecule has 3 aromatic rings. The van der Waals surface area contributed by atoms with Gasteiger partial charge in [0.1, 0.15) is 5.75 Å². The van der Waals surface area contributed by atoms with Gasteiger partial charge in [-0.05, 0) is 58.4 Å². The predicted molar refractivity (Wildman–Crippen MR) is 112 cm³/mol. The van der Waals surface area contributed by atoms with Crippen molar-refractivity contribution in [1.82, 2.24) is 0 Å². The second-order valence-electron chi connectivity index (χ2n) is 5.96. The molecule has 0 aliphatic rings. The van der Waals surface area contributed by atoms with Crippen LogP contribution in [-0.4, -0.2) is 25.5 Å². The van der Waals surface area contributed by atoms with Crippen LogP contribution in [0, 0.1) is 0 Å². The number of benzene rings is 2. The number of carbonyl (C=O) groups excluding carboxylic acids is 2. The first-order chi connectivity index (χ1) is 14.3. The summed E-state index contributed by atoms with van der Waals surface area (Å²) in [5, 5.41) is 2.54. The zero-order chi connectivity index (χ0) is 21.8. The van der Waals surface area contributed by atoms with Gasteiger partial charge in [0.05, 0.1) is 16.3 Å². The number of carbonyl (C=O) groups is 2. The molecule has 1 heterocycles. The van der Waals surface area contributed by atoms with Crippen LogP contribution in [0.15, 0.2) is 63.7 Å². The molecular formula is C20H14BrClF2N2O4. The highest BCUT2D eigenvalue weighted by atomic mass is 79.9. The molecule has 0 saturated carbocycles. The average Bonchev–Trinajstić information content (AvgIpc) is 3.15. The number of ether oxygens (including phenoxy) is 1. The number of anilines is 2. The molecule has 0 saturated heterocycles. The Morgan fingerprint density at radius 3 is 2.53 bits per heavy atom. The fourth-order valence-electron chi connectivity index (χ4n) is 2.63. The van der Waals surface area contributed by atoms with Crippen LogP contribution in [0.4, 0.5) is 20.2 Å². The van der Waals surface area contributed by atoms with Crippen molar-refractivity contribution in [3.8, 4) is 5.75 Å². The summed E-state index contributed by atoms with van der Waals surface area (Å²) in [5.74, 6) is -1.08. The van der Waals surface area contributed by atoms with Gasteiger partial charge in [-0.3, -0.25) is 9.59 Å². The smallest absolute Gasteiger partial charge is 0.387 e. The maximum atomic E-state index is 12.8. The van der Waals surface area contributed by atoms with Crippen LogP contribution in [0.1, 0.15) is 20.9 Å². The lowest BCUT2D eigenvalue weighted by Crippen LogP contribution is -2.28. The fraction of sp³-hybridized carbons (Fsp3) is 0.100. The van der Waals surface area contributed by atoms with E-state index in [1.54, 1.807) is 30.3 Å². The molecular weight excluding hydrogens is 486 g/mol. The standard InChI is InChI=1S/C20H14BrClF2N2O4/c1-26(19(28)16-8-9-17(21)29-16)14-5-3-2-4-12(14)18(27)25-11-6-7-15(13(22)10-11)30-20(23)24/h2-10,20H,1H3,(H,25,27). The average molecular weight is 500 g/mol. The molecule has 2 amide bonds. The Morgan fingerprint density at radius 2 is 1.90 bits per heavy atom. The van der Waals surface area contributed by atoms with Crippen LogP contribution < -0.4 is 15.0 Å². The molecule has 2 aromatic carbocycles. The van der Waals surface area contributed by atoms with E-state index in [0.29, 0.717) is 10.4 Å². The molecule has 0 spiro atoms. The van der Waals surface area contributed by atoms with Gasteiger partial charge in [0, 0.05) is 12.7 Å². The zero-order valence-electron chi connectivity index (χ0n) is 15.4. The minimum atomic E-state index is -3.02. The molecule has 6 nitrogen and oxygen atoms in total. The Balaban J connectivity index is 1.82. The number of para-hydroxylation sites is 1. The van der Waals surface area contributed by atoms with Crippen LogP contribution in [0.5, 0.6) is 5.75 Å². The molecule has 156 valence electrons. The quantitative estimate of drug-likeness (QED) is 0.463. The number of amides is 2. The molecule has 3 rings (SSSR count). The first-order valence-electron chi connectivity index (χ1n) is 8.44. The van der Waals surface area contributed by atoms with Crippen LogP contribution in [0.25, 0.3) is 0 Å². The highest BCUT2D eigenvalue weighted by molar-refractivity contribution is 9.10. The number of hydrogen-bond acceptors (Lipinski definition) is 4. The van der Waals surface area contributed by atoms with Gasteiger partial charge in [-0.15, -0.1) is 0 Å². The van der Waals surface area contributed by atoms with Crippen molar-refractivity contribution in [2.45, 2.75) is 6.61 Å². The van der Waals surface area contributed by atoms with Gasteiger partial charge < -0.3 is 19.4 Å². The first kappa shape index (κ1) is 21.8. The first-order valence-corrected chi connectivity index (χ1v) is 9.61. The van der Waals surface area contributed by atoms with Crippen molar-refractivity contribution in [2.24, 2.45) is 0 Å². The summed E-state index contributed by atoms with van der Waals surface area (Å²) in [6, 6.07) is 13.5. The molecule has 0 aliphatic carbocycles. The number of alkyl halides is 2. The molecule has 0 atom stereocenters. The molecule has 0 unspecified atom stereocenters. The van der Waals surface area contributed by atoms with Gasteiger partial charge in [0.15, 0.2) is 10.4 Å². The number of hydrogen-bond donors (Lipinski definition) is 1. The van der Waals surface area contributed by atoms with Gasteiger partial charge in [-0.1, -0.05) is 23.7 Å². The number of nitrogens with one attached hydrogen (secondary N) is 1. The van der Waals surface area contributed by atoms with Crippen LogP contribution >= 0.6 is 27.5 Å². The van der Waals surface area contributed by atoms with Crippen LogP contribution in [0.2, 0.25) is 5.02 Å². The Morgan fingerprint density at radius 1 is 1.17 bits per heavy atom. The normalized spacial score (nSPS) is 10.7. The highest BCUT2D eigenvalue weighted by Crippen LogP contribution is 2.30. The number of furan rings is 1. The molecule has 1 aromatic heterocycles. The SMILES string of the molecule is CN(C(=O)c1ccc(Br)o1)c1ccccc1C(=O)Nc1ccc(OC(F)F)c(Cl)c1. The third-order valence-corrected chi connectivity index (χ3v) is 4.73. The van der Waals surface area contributed by atoms with Gasteiger partial charge in [0.25, 0.3) is 11.8 Å². The molecule has 0 radical (unpaired) electrons. The third kappa shape index (κ3) is 4.98. The molecule has 10 heteroatoms. The lowest BCUT2D eigenvalue weighted by Gasteiger charge is -2.19. The van der Waals surface area contributed by atoms with Crippen molar-refractivity contribution in [3.05, 3.63) is 75.6 Å². The van der Waals surface area contributed by atoms with Crippen LogP contribution in [-0.2, 0) is 0 Å². The van der Waals surface area contributed by atoms with E-state index in [9.17, 15) is 18.4 Å². The van der Waals surface area contributed by atoms with Crippen LogP contribution in [0.3, 0.4) is 0 Å². The Kier molecular flexibility index (Phi) is 6.73. The summed E-state index contributed by atoms with van der Waals surface area (Å²) in [6.45, 7) is -3.02. The summed E-state index contributed by atoms with van der Waals surface area (Å²) in [7, 11) is 1.51. The summed E-state index contributed by atoms with van der Waals surface area (Å²) in [6.07, 6.45) is 0. The number of rotatable bonds is 6. The maximum absolute atomic E-state index is 12.8. The minimum absolute atomic E-state index is 0.0860. The van der Waals surface area contributed by atoms with E-state index in [1.165, 1.54) is 36.2 Å². The summed E-state index contributed by atoms with van der Waals surface area (Å²) >= 11 is 9.06. The lowest BCUT2D eigenvalue weighted by atomic mass is 10.1. The maximum Gasteiger partial charge on any atom is 0.387 e. The van der Waals surface area contributed by atoms with E-state index in [0.717, 1.165) is 0 Å².